The minimum atomic E-state index is -1.00. The molecule has 0 bridgehead atoms. The number of halogens is 1. The molecule has 1 aliphatic rings. The van der Waals surface area contributed by atoms with Gasteiger partial charge in [0.05, 0.1) is 25.6 Å². The van der Waals surface area contributed by atoms with Gasteiger partial charge in [-0.3, -0.25) is 4.79 Å². The van der Waals surface area contributed by atoms with E-state index in [1.54, 1.807) is 14.2 Å². The predicted molar refractivity (Wildman–Crippen MR) is 149 cm³/mol. The molecule has 4 aromatic rings. The van der Waals surface area contributed by atoms with Gasteiger partial charge in [-0.1, -0.05) is 29.3 Å². The summed E-state index contributed by atoms with van der Waals surface area (Å²) >= 11 is 6.56. The lowest BCUT2D eigenvalue weighted by Gasteiger charge is -2.25. The van der Waals surface area contributed by atoms with Crippen LogP contribution in [0.25, 0.3) is 11.8 Å². The Morgan fingerprint density at radius 3 is 2.67 bits per heavy atom. The number of nitrogens with zero attached hydrogens (tertiary/aromatic N) is 5. The summed E-state index contributed by atoms with van der Waals surface area (Å²) in [6.07, 6.45) is 1.34. The van der Waals surface area contributed by atoms with Gasteiger partial charge in [0.25, 0.3) is 0 Å². The number of ether oxygens (including phenoxy) is 3. The maximum atomic E-state index is 11.3. The number of fused-ring (bicyclic) bond motifs is 3. The molecule has 0 radical (unpaired) electrons. The van der Waals surface area contributed by atoms with Crippen LogP contribution in [0, 0.1) is 0 Å². The monoisotopic (exact) mass is 563 g/mol. The Morgan fingerprint density at radius 2 is 1.95 bits per heavy atom. The molecule has 208 valence electrons. The summed E-state index contributed by atoms with van der Waals surface area (Å²) in [7, 11) is 3.20. The number of methoxy groups -OCH3 is 2. The molecule has 10 nitrogen and oxygen atoms in total. The Balaban J connectivity index is 1.67. The highest BCUT2D eigenvalue weighted by molar-refractivity contribution is 6.30. The fraction of sp³-hybridized carbons (Fsp3) is 0.310. The summed E-state index contributed by atoms with van der Waals surface area (Å²) in [6.45, 7) is 4.46. The normalized spacial score (nSPS) is 16.0. The van der Waals surface area contributed by atoms with Crippen molar-refractivity contribution < 1.29 is 24.1 Å². The third kappa shape index (κ3) is 5.32. The highest BCUT2D eigenvalue weighted by atomic mass is 35.5. The molecule has 2 atom stereocenters. The SMILES string of the molecule is COc1cccc([C@H]2O[C@H](CCn3nnnc3CC(=O)O)c3ccc(C=C(C)C)n3-c3ccc(Cl)cc32)c1OC. The second-order valence-electron chi connectivity index (χ2n) is 9.71. The molecule has 11 heteroatoms. The van der Waals surface area contributed by atoms with Crippen molar-refractivity contribution in [3.05, 3.63) is 87.5 Å². The second kappa shape index (κ2) is 11.5. The highest BCUT2D eigenvalue weighted by Crippen LogP contribution is 2.47. The van der Waals surface area contributed by atoms with Crippen LogP contribution in [0.2, 0.25) is 5.02 Å². The van der Waals surface area contributed by atoms with Gasteiger partial charge in [0.2, 0.25) is 0 Å². The molecule has 1 aliphatic heterocycles. The van der Waals surface area contributed by atoms with Gasteiger partial charge in [0, 0.05) is 28.4 Å². The molecule has 2 aromatic carbocycles. The minimum absolute atomic E-state index is 0.271. The van der Waals surface area contributed by atoms with Crippen molar-refractivity contribution in [2.24, 2.45) is 0 Å². The van der Waals surface area contributed by atoms with E-state index in [1.165, 1.54) is 4.68 Å². The smallest absolute Gasteiger partial charge is 0.311 e. The number of aromatic nitrogens is 5. The maximum absolute atomic E-state index is 11.3. The zero-order chi connectivity index (χ0) is 28.4. The quantitative estimate of drug-likeness (QED) is 0.286. The first kappa shape index (κ1) is 27.4. The number of aliphatic carboxylic acids is 1. The van der Waals surface area contributed by atoms with Crippen LogP contribution in [0.1, 0.15) is 60.8 Å². The summed E-state index contributed by atoms with van der Waals surface area (Å²) in [5.41, 5.74) is 5.68. The van der Waals surface area contributed by atoms with Crippen molar-refractivity contribution >= 4 is 23.6 Å². The predicted octanol–water partition coefficient (Wildman–Crippen LogP) is 5.44. The Kier molecular flexibility index (Phi) is 7.90. The zero-order valence-electron chi connectivity index (χ0n) is 22.7. The van der Waals surface area contributed by atoms with Crippen molar-refractivity contribution in [2.45, 2.75) is 45.4 Å². The van der Waals surface area contributed by atoms with E-state index in [1.807, 2.05) is 36.4 Å². The lowest BCUT2D eigenvalue weighted by Crippen LogP contribution is -2.16. The molecule has 40 heavy (non-hydrogen) atoms. The molecular formula is C29H30ClN5O5. The van der Waals surface area contributed by atoms with Gasteiger partial charge in [0.1, 0.15) is 18.6 Å². The minimum Gasteiger partial charge on any atom is -0.493 e. The number of allylic oxidation sites excluding steroid dienone is 1. The first-order valence-electron chi connectivity index (χ1n) is 12.8. The number of carbonyl (C=O) groups is 1. The van der Waals surface area contributed by atoms with E-state index in [0.717, 1.165) is 33.8 Å². The molecule has 2 aromatic heterocycles. The van der Waals surface area contributed by atoms with E-state index in [0.29, 0.717) is 29.5 Å². The summed E-state index contributed by atoms with van der Waals surface area (Å²) in [5.74, 6) is 0.437. The number of carboxylic acid groups (broad SMARTS) is 1. The van der Waals surface area contributed by atoms with Crippen LogP contribution in [-0.4, -0.2) is 50.1 Å². The van der Waals surface area contributed by atoms with Gasteiger partial charge in [-0.15, -0.1) is 5.10 Å². The van der Waals surface area contributed by atoms with Crippen LogP contribution in [0.15, 0.2) is 54.1 Å². The maximum Gasteiger partial charge on any atom is 0.311 e. The third-order valence-corrected chi connectivity index (χ3v) is 6.99. The molecule has 0 saturated heterocycles. The van der Waals surface area contributed by atoms with Crippen LogP contribution >= 0.6 is 11.6 Å². The molecule has 0 saturated carbocycles. The lowest BCUT2D eigenvalue weighted by molar-refractivity contribution is -0.136. The Hall–Kier alpha value is -4.15. The molecule has 0 fully saturated rings. The average molecular weight is 564 g/mol. The second-order valence-corrected chi connectivity index (χ2v) is 10.1. The first-order valence-corrected chi connectivity index (χ1v) is 13.2. The summed E-state index contributed by atoms with van der Waals surface area (Å²) in [4.78, 5) is 11.3. The summed E-state index contributed by atoms with van der Waals surface area (Å²) < 4.78 is 22.1. The van der Waals surface area contributed by atoms with E-state index >= 15 is 0 Å². The lowest BCUT2D eigenvalue weighted by atomic mass is 9.98. The Morgan fingerprint density at radius 1 is 1.12 bits per heavy atom. The number of rotatable bonds is 9. The van der Waals surface area contributed by atoms with E-state index < -0.39 is 18.2 Å². The van der Waals surface area contributed by atoms with Gasteiger partial charge in [-0.2, -0.15) is 0 Å². The number of hydrogen-bond acceptors (Lipinski definition) is 7. The van der Waals surface area contributed by atoms with Crippen LogP contribution in [0.3, 0.4) is 0 Å². The molecule has 0 unspecified atom stereocenters. The largest absolute Gasteiger partial charge is 0.493 e. The van der Waals surface area contributed by atoms with Crippen LogP contribution in [0.5, 0.6) is 11.5 Å². The van der Waals surface area contributed by atoms with E-state index in [2.05, 4.69) is 52.1 Å². The van der Waals surface area contributed by atoms with Gasteiger partial charge in [-0.25, -0.2) is 4.68 Å². The molecule has 5 rings (SSSR count). The molecule has 0 amide bonds. The van der Waals surface area contributed by atoms with Crippen LogP contribution in [-0.2, 0) is 22.5 Å². The third-order valence-electron chi connectivity index (χ3n) is 6.76. The zero-order valence-corrected chi connectivity index (χ0v) is 23.4. The number of para-hydroxylation sites is 1. The number of benzene rings is 2. The molecule has 0 aliphatic carbocycles. The summed E-state index contributed by atoms with van der Waals surface area (Å²) in [6, 6.07) is 15.6. The van der Waals surface area contributed by atoms with Crippen molar-refractivity contribution in [1.29, 1.82) is 0 Å². The Bertz CT molecular complexity index is 1570. The van der Waals surface area contributed by atoms with Gasteiger partial charge >= 0.3 is 5.97 Å². The topological polar surface area (TPSA) is 114 Å². The highest BCUT2D eigenvalue weighted by Gasteiger charge is 2.34. The molecular weight excluding hydrogens is 534 g/mol. The Labute approximate surface area is 236 Å². The average Bonchev–Trinajstić information content (AvgIpc) is 3.51. The fourth-order valence-corrected chi connectivity index (χ4v) is 5.31. The van der Waals surface area contributed by atoms with E-state index in [4.69, 9.17) is 25.8 Å². The molecule has 3 heterocycles. The van der Waals surface area contributed by atoms with E-state index in [-0.39, 0.29) is 12.2 Å². The van der Waals surface area contributed by atoms with Gasteiger partial charge < -0.3 is 23.9 Å². The van der Waals surface area contributed by atoms with Crippen molar-refractivity contribution in [2.75, 3.05) is 14.2 Å². The first-order chi connectivity index (χ1) is 19.3. The standard InChI is InChI=1S/C29H30ClN5O5/c1-17(2)14-19-9-11-23-24(12-13-34-26(16-27(36)37)31-32-33-34)40-28(20-6-5-7-25(38-3)29(20)39-4)21-15-18(30)8-10-22(21)35(19)23/h5-11,14-15,24,28H,12-13,16H2,1-4H3,(H,36,37)/t24-,28-/m1/s1. The van der Waals surface area contributed by atoms with Crippen molar-refractivity contribution in [3.8, 4) is 17.2 Å². The van der Waals surface area contributed by atoms with Gasteiger partial charge in [0.15, 0.2) is 17.3 Å². The van der Waals surface area contributed by atoms with Crippen molar-refractivity contribution in [1.82, 2.24) is 24.8 Å². The van der Waals surface area contributed by atoms with Crippen molar-refractivity contribution in [3.63, 3.8) is 0 Å². The fourth-order valence-electron chi connectivity index (χ4n) is 5.13. The van der Waals surface area contributed by atoms with E-state index in [9.17, 15) is 9.90 Å². The number of aryl methyl sites for hydroxylation is 1. The number of carboxylic acids is 1. The van der Waals surface area contributed by atoms with Gasteiger partial charge in [-0.05, 0) is 73.2 Å². The number of tetrazole rings is 1. The number of hydrogen-bond donors (Lipinski definition) is 1. The molecule has 0 spiro atoms. The van der Waals surface area contributed by atoms with Crippen LogP contribution in [0.4, 0.5) is 0 Å². The molecule has 1 N–H and O–H groups in total. The summed E-state index contributed by atoms with van der Waals surface area (Å²) in [5, 5.41) is 21.4. The van der Waals surface area contributed by atoms with Crippen LogP contribution < -0.4 is 9.47 Å².